The summed E-state index contributed by atoms with van der Waals surface area (Å²) in [6.07, 6.45) is -0.349. The third-order valence-corrected chi connectivity index (χ3v) is 1.92. The van der Waals surface area contributed by atoms with Crippen LogP contribution in [0.3, 0.4) is 0 Å². The molecule has 0 aliphatic rings. The molecule has 0 aliphatic heterocycles. The summed E-state index contributed by atoms with van der Waals surface area (Å²) in [7, 11) is 0. The maximum atomic E-state index is 11.4. The number of esters is 2. The van der Waals surface area contributed by atoms with Gasteiger partial charge in [0.15, 0.2) is 0 Å². The maximum absolute atomic E-state index is 11.4. The Kier molecular flexibility index (Phi) is 6.41. The Morgan fingerprint density at radius 3 is 2.19 bits per heavy atom. The number of carbonyl (C=O) groups excluding carboxylic acids is 2. The molecule has 1 unspecified atom stereocenters. The third-order valence-electron chi connectivity index (χ3n) is 1.57. The fraction of sp³-hybridized carbons (Fsp3) is 0.818. The lowest BCUT2D eigenvalue weighted by Crippen LogP contribution is -2.29. The normalized spacial score (nSPS) is 13.1. The first-order chi connectivity index (χ1) is 7.28. The van der Waals surface area contributed by atoms with Crippen LogP contribution in [-0.2, 0) is 19.1 Å². The molecule has 0 heterocycles. The van der Waals surface area contributed by atoms with Gasteiger partial charge in [0.1, 0.15) is 11.7 Å². The summed E-state index contributed by atoms with van der Waals surface area (Å²) in [4.78, 5) is 22.4. The number of alkyl halides is 1. The zero-order valence-electron chi connectivity index (χ0n) is 10.2. The number of hydrogen-bond donors (Lipinski definition) is 0. The summed E-state index contributed by atoms with van der Waals surface area (Å²) >= 11 is 5.60. The second-order valence-electron chi connectivity index (χ2n) is 4.41. The van der Waals surface area contributed by atoms with Crippen LogP contribution in [0.2, 0.25) is 0 Å². The molecule has 1 atom stereocenters. The predicted molar refractivity (Wildman–Crippen MR) is 61.4 cm³/mol. The molecule has 4 nitrogen and oxygen atoms in total. The first kappa shape index (κ1) is 15.2. The molecular weight excluding hydrogens is 232 g/mol. The minimum Gasteiger partial charge on any atom is -0.460 e. The van der Waals surface area contributed by atoms with Crippen molar-refractivity contribution in [3.63, 3.8) is 0 Å². The van der Waals surface area contributed by atoms with E-state index in [1.54, 1.807) is 27.7 Å². The fourth-order valence-corrected chi connectivity index (χ4v) is 1.14. The van der Waals surface area contributed by atoms with Crippen LogP contribution in [0.15, 0.2) is 0 Å². The monoisotopic (exact) mass is 250 g/mol. The van der Waals surface area contributed by atoms with Gasteiger partial charge in [-0.15, -0.1) is 11.6 Å². The van der Waals surface area contributed by atoms with Gasteiger partial charge in [-0.2, -0.15) is 0 Å². The number of ether oxygens (including phenoxy) is 2. The lowest BCUT2D eigenvalue weighted by atomic mass is 10.2. The van der Waals surface area contributed by atoms with E-state index in [2.05, 4.69) is 0 Å². The molecule has 94 valence electrons. The van der Waals surface area contributed by atoms with Gasteiger partial charge in [0, 0.05) is 6.42 Å². The highest BCUT2D eigenvalue weighted by Gasteiger charge is 2.22. The van der Waals surface area contributed by atoms with Crippen LogP contribution in [0.4, 0.5) is 0 Å². The van der Waals surface area contributed by atoms with E-state index in [-0.39, 0.29) is 24.7 Å². The van der Waals surface area contributed by atoms with Crippen LogP contribution in [0, 0.1) is 0 Å². The molecule has 0 aromatic carbocycles. The zero-order valence-corrected chi connectivity index (χ0v) is 11.0. The van der Waals surface area contributed by atoms with E-state index < -0.39 is 17.7 Å². The number of hydrogen-bond acceptors (Lipinski definition) is 4. The Labute approximate surface area is 101 Å². The molecule has 0 bridgehead atoms. The van der Waals surface area contributed by atoms with Crippen LogP contribution >= 0.6 is 11.6 Å². The third kappa shape index (κ3) is 7.51. The molecule has 0 aromatic heterocycles. The van der Waals surface area contributed by atoms with Gasteiger partial charge in [0.2, 0.25) is 0 Å². The highest BCUT2D eigenvalue weighted by molar-refractivity contribution is 6.18. The van der Waals surface area contributed by atoms with E-state index in [0.717, 1.165) is 0 Å². The van der Waals surface area contributed by atoms with Crippen LogP contribution in [0.25, 0.3) is 0 Å². The van der Waals surface area contributed by atoms with Crippen molar-refractivity contribution in [1.29, 1.82) is 0 Å². The van der Waals surface area contributed by atoms with E-state index in [1.807, 2.05) is 0 Å². The van der Waals surface area contributed by atoms with E-state index in [4.69, 9.17) is 21.1 Å². The Hall–Kier alpha value is -0.770. The fourth-order valence-electron chi connectivity index (χ4n) is 0.966. The SMILES string of the molecule is CCC(=O)OC(CCl)CC(=O)OC(C)(C)C. The standard InChI is InChI=1S/C11H19ClO4/c1-5-9(13)15-8(7-12)6-10(14)16-11(2,3)4/h8H,5-7H2,1-4H3. The average Bonchev–Trinajstić information content (AvgIpc) is 2.13. The van der Waals surface area contributed by atoms with Gasteiger partial charge < -0.3 is 9.47 Å². The van der Waals surface area contributed by atoms with Gasteiger partial charge in [-0.25, -0.2) is 0 Å². The van der Waals surface area contributed by atoms with Crippen molar-refractivity contribution in [2.24, 2.45) is 0 Å². The summed E-state index contributed by atoms with van der Waals surface area (Å²) in [5, 5.41) is 0. The van der Waals surface area contributed by atoms with Gasteiger partial charge in [-0.1, -0.05) is 6.92 Å². The van der Waals surface area contributed by atoms with Crippen molar-refractivity contribution in [2.45, 2.75) is 52.2 Å². The summed E-state index contributed by atoms with van der Waals surface area (Å²) in [6.45, 7) is 7.01. The smallest absolute Gasteiger partial charge is 0.310 e. The highest BCUT2D eigenvalue weighted by atomic mass is 35.5. The molecule has 5 heteroatoms. The van der Waals surface area contributed by atoms with Crippen molar-refractivity contribution in [2.75, 3.05) is 5.88 Å². The minimum absolute atomic E-state index is 0.00743. The first-order valence-electron chi connectivity index (χ1n) is 5.25. The van der Waals surface area contributed by atoms with Crippen LogP contribution in [0.5, 0.6) is 0 Å². The molecular formula is C11H19ClO4. The van der Waals surface area contributed by atoms with Gasteiger partial charge in [0.25, 0.3) is 0 Å². The minimum atomic E-state index is -0.607. The topological polar surface area (TPSA) is 52.6 Å². The molecule has 0 spiro atoms. The predicted octanol–water partition coefficient (Wildman–Crippen LogP) is 2.28. The number of carbonyl (C=O) groups is 2. The second kappa shape index (κ2) is 6.74. The van der Waals surface area contributed by atoms with E-state index in [0.29, 0.717) is 0 Å². The van der Waals surface area contributed by atoms with Crippen molar-refractivity contribution in [3.05, 3.63) is 0 Å². The molecule has 16 heavy (non-hydrogen) atoms. The Bertz CT molecular complexity index is 245. The molecule has 0 aromatic rings. The summed E-state index contributed by atoms with van der Waals surface area (Å²) in [5.41, 5.74) is -0.539. The Morgan fingerprint density at radius 1 is 1.25 bits per heavy atom. The van der Waals surface area contributed by atoms with Gasteiger partial charge in [-0.05, 0) is 20.8 Å². The van der Waals surface area contributed by atoms with Gasteiger partial charge in [0.05, 0.1) is 12.3 Å². The van der Waals surface area contributed by atoms with Crippen molar-refractivity contribution in [3.8, 4) is 0 Å². The van der Waals surface area contributed by atoms with E-state index in [9.17, 15) is 9.59 Å². The second-order valence-corrected chi connectivity index (χ2v) is 4.72. The number of rotatable bonds is 5. The van der Waals surface area contributed by atoms with E-state index >= 15 is 0 Å². The zero-order chi connectivity index (χ0) is 12.8. The highest BCUT2D eigenvalue weighted by Crippen LogP contribution is 2.11. The quantitative estimate of drug-likeness (QED) is 0.555. The molecule has 0 aliphatic carbocycles. The van der Waals surface area contributed by atoms with Gasteiger partial charge in [-0.3, -0.25) is 9.59 Å². The van der Waals surface area contributed by atoms with Crippen molar-refractivity contribution >= 4 is 23.5 Å². The molecule has 0 saturated heterocycles. The average molecular weight is 251 g/mol. The van der Waals surface area contributed by atoms with Crippen LogP contribution < -0.4 is 0 Å². The lowest BCUT2D eigenvalue weighted by Gasteiger charge is -2.21. The molecule has 0 radical (unpaired) electrons. The molecule has 0 rings (SSSR count). The first-order valence-corrected chi connectivity index (χ1v) is 5.79. The van der Waals surface area contributed by atoms with E-state index in [1.165, 1.54) is 0 Å². The molecule has 0 N–H and O–H groups in total. The van der Waals surface area contributed by atoms with Crippen molar-refractivity contribution in [1.82, 2.24) is 0 Å². The maximum Gasteiger partial charge on any atom is 0.310 e. The summed E-state index contributed by atoms with van der Waals surface area (Å²) < 4.78 is 10.1. The molecule has 0 saturated carbocycles. The van der Waals surface area contributed by atoms with Crippen LogP contribution in [-0.4, -0.2) is 29.5 Å². The van der Waals surface area contributed by atoms with Gasteiger partial charge >= 0.3 is 11.9 Å². The Balaban J connectivity index is 4.12. The Morgan fingerprint density at radius 2 is 1.81 bits per heavy atom. The molecule has 0 amide bonds. The lowest BCUT2D eigenvalue weighted by molar-refractivity contribution is -0.160. The van der Waals surface area contributed by atoms with Crippen LogP contribution in [0.1, 0.15) is 40.5 Å². The van der Waals surface area contributed by atoms with Crippen molar-refractivity contribution < 1.29 is 19.1 Å². The molecule has 0 fully saturated rings. The number of halogens is 1. The largest absolute Gasteiger partial charge is 0.460 e. The summed E-state index contributed by atoms with van der Waals surface area (Å²) in [5.74, 6) is -0.693. The summed E-state index contributed by atoms with van der Waals surface area (Å²) in [6, 6.07) is 0.